The molecule has 4 bridgehead atoms. The average molecular weight is 392 g/mol. The highest BCUT2D eigenvalue weighted by molar-refractivity contribution is 5.89. The van der Waals surface area contributed by atoms with Crippen molar-refractivity contribution in [1.82, 2.24) is 0 Å². The molecule has 0 aliphatic carbocycles. The van der Waals surface area contributed by atoms with Crippen molar-refractivity contribution in [3.63, 3.8) is 0 Å². The summed E-state index contributed by atoms with van der Waals surface area (Å²) in [5.74, 6) is -0.907. The van der Waals surface area contributed by atoms with Crippen LogP contribution in [0.4, 0.5) is 0 Å². The van der Waals surface area contributed by atoms with Crippen molar-refractivity contribution in [2.24, 2.45) is 5.92 Å². The summed E-state index contributed by atoms with van der Waals surface area (Å²) < 4.78 is 17.9. The largest absolute Gasteiger partial charge is 0.459 e. The van der Waals surface area contributed by atoms with Gasteiger partial charge < -0.3 is 19.3 Å². The van der Waals surface area contributed by atoms with E-state index in [1.54, 1.807) is 0 Å². The molecule has 0 amide bonds. The lowest BCUT2D eigenvalue weighted by Gasteiger charge is -2.37. The number of aliphatic hydroxyl groups is 1. The van der Waals surface area contributed by atoms with Crippen molar-refractivity contribution in [3.8, 4) is 0 Å². The van der Waals surface area contributed by atoms with Gasteiger partial charge in [0.1, 0.15) is 17.3 Å². The van der Waals surface area contributed by atoms with Crippen molar-refractivity contribution >= 4 is 11.9 Å². The van der Waals surface area contributed by atoms with E-state index >= 15 is 0 Å². The third kappa shape index (κ3) is 4.03. The van der Waals surface area contributed by atoms with Crippen molar-refractivity contribution in [2.75, 3.05) is 0 Å². The quantitative estimate of drug-likeness (QED) is 0.419. The SMILES string of the molecule is C=C1C(=O)O[C@]2(C)CC[C@H]1C[C@H](O)/C(C)=C/C[C@H](OC(C)=O)[C@@]1(C)CC[C@@H]2O1. The van der Waals surface area contributed by atoms with Gasteiger partial charge in [-0.3, -0.25) is 4.79 Å². The number of fused-ring (bicyclic) bond motifs is 6. The van der Waals surface area contributed by atoms with E-state index in [1.807, 2.05) is 26.8 Å². The predicted octanol–water partition coefficient (Wildman–Crippen LogP) is 3.22. The second-order valence-electron chi connectivity index (χ2n) is 8.95. The fourth-order valence-corrected chi connectivity index (χ4v) is 4.65. The normalized spacial score (nSPS) is 43.7. The summed E-state index contributed by atoms with van der Waals surface area (Å²) in [5, 5.41) is 10.7. The van der Waals surface area contributed by atoms with Crippen LogP contribution in [0.15, 0.2) is 23.8 Å². The van der Waals surface area contributed by atoms with E-state index in [4.69, 9.17) is 14.2 Å². The van der Waals surface area contributed by atoms with E-state index in [0.29, 0.717) is 37.7 Å². The number of esters is 2. The number of carbonyl (C=O) groups is 2. The molecule has 0 unspecified atom stereocenters. The molecule has 0 spiro atoms. The molecule has 0 aromatic heterocycles. The van der Waals surface area contributed by atoms with E-state index in [9.17, 15) is 14.7 Å². The molecule has 3 aliphatic rings. The van der Waals surface area contributed by atoms with Gasteiger partial charge in [0.2, 0.25) is 0 Å². The van der Waals surface area contributed by atoms with Crippen LogP contribution in [-0.2, 0) is 23.8 Å². The molecule has 6 atom stereocenters. The summed E-state index contributed by atoms with van der Waals surface area (Å²) >= 11 is 0. The Labute approximate surface area is 166 Å². The van der Waals surface area contributed by atoms with Gasteiger partial charge in [-0.15, -0.1) is 0 Å². The number of hydrogen-bond donors (Lipinski definition) is 1. The zero-order chi connectivity index (χ0) is 20.7. The summed E-state index contributed by atoms with van der Waals surface area (Å²) in [6, 6.07) is 0. The van der Waals surface area contributed by atoms with Crippen molar-refractivity contribution in [3.05, 3.63) is 23.8 Å². The van der Waals surface area contributed by atoms with Gasteiger partial charge in [-0.1, -0.05) is 12.7 Å². The Hall–Kier alpha value is -1.66. The lowest BCUT2D eigenvalue weighted by Crippen LogP contribution is -2.47. The van der Waals surface area contributed by atoms with Gasteiger partial charge in [0.25, 0.3) is 0 Å². The van der Waals surface area contributed by atoms with Crippen LogP contribution in [0.1, 0.15) is 66.2 Å². The van der Waals surface area contributed by atoms with Gasteiger partial charge in [0.05, 0.1) is 12.2 Å². The second-order valence-corrected chi connectivity index (χ2v) is 8.95. The Morgan fingerprint density at radius 1 is 1.29 bits per heavy atom. The van der Waals surface area contributed by atoms with Crippen molar-refractivity contribution < 1.29 is 28.9 Å². The first-order chi connectivity index (χ1) is 13.0. The maximum absolute atomic E-state index is 12.7. The smallest absolute Gasteiger partial charge is 0.334 e. The highest BCUT2D eigenvalue weighted by Gasteiger charge is 2.52. The molecule has 0 radical (unpaired) electrons. The molecular formula is C22H32O6. The molecule has 0 aromatic rings. The first kappa shape index (κ1) is 21.1. The van der Waals surface area contributed by atoms with Crippen LogP contribution in [0.3, 0.4) is 0 Å². The summed E-state index contributed by atoms with van der Waals surface area (Å²) in [6.07, 6.45) is 4.13. The van der Waals surface area contributed by atoms with Crippen molar-refractivity contribution in [1.29, 1.82) is 0 Å². The van der Waals surface area contributed by atoms with Crippen molar-refractivity contribution in [2.45, 2.75) is 95.7 Å². The number of hydrogen-bond acceptors (Lipinski definition) is 6. The first-order valence-electron chi connectivity index (χ1n) is 10.2. The minimum absolute atomic E-state index is 0.134. The number of aliphatic hydroxyl groups excluding tert-OH is 1. The Morgan fingerprint density at radius 3 is 2.64 bits per heavy atom. The van der Waals surface area contributed by atoms with Crippen LogP contribution < -0.4 is 0 Å². The van der Waals surface area contributed by atoms with Gasteiger partial charge in [0, 0.05) is 18.9 Å². The number of rotatable bonds is 1. The van der Waals surface area contributed by atoms with Crippen LogP contribution in [0.5, 0.6) is 0 Å². The van der Waals surface area contributed by atoms with Gasteiger partial charge in [0.15, 0.2) is 0 Å². The van der Waals surface area contributed by atoms with Gasteiger partial charge in [-0.25, -0.2) is 4.79 Å². The standard InChI is InChI=1S/C22H32O6/c1-13-6-7-18(26-15(3)23)21(4)11-9-19(27-21)22(5)10-8-16(12-17(13)24)14(2)20(25)28-22/h6,16-19,24H,2,7-12H2,1,3-5H3/b13-6+/t16-,17-,18-,19-,21+,22+/m0/s1. The minimum Gasteiger partial charge on any atom is -0.459 e. The molecule has 0 aromatic carbocycles. The average Bonchev–Trinajstić information content (AvgIpc) is 2.99. The zero-order valence-corrected chi connectivity index (χ0v) is 17.3. The molecule has 0 saturated carbocycles. The topological polar surface area (TPSA) is 82.1 Å². The van der Waals surface area contributed by atoms with E-state index in [1.165, 1.54) is 6.92 Å². The summed E-state index contributed by atoms with van der Waals surface area (Å²) in [5.41, 5.74) is -0.229. The molecule has 28 heavy (non-hydrogen) atoms. The van der Waals surface area contributed by atoms with Crippen LogP contribution in [-0.4, -0.2) is 46.6 Å². The van der Waals surface area contributed by atoms with E-state index < -0.39 is 29.4 Å². The van der Waals surface area contributed by atoms with E-state index in [0.717, 1.165) is 12.0 Å². The lowest BCUT2D eigenvalue weighted by molar-refractivity contribution is -0.193. The monoisotopic (exact) mass is 392 g/mol. The van der Waals surface area contributed by atoms with Crippen LogP contribution >= 0.6 is 0 Å². The van der Waals surface area contributed by atoms with Gasteiger partial charge >= 0.3 is 11.9 Å². The summed E-state index contributed by atoms with van der Waals surface area (Å²) in [4.78, 5) is 24.4. The molecule has 156 valence electrons. The first-order valence-corrected chi connectivity index (χ1v) is 10.2. The fourth-order valence-electron chi connectivity index (χ4n) is 4.65. The maximum Gasteiger partial charge on any atom is 0.334 e. The molecule has 3 heterocycles. The van der Waals surface area contributed by atoms with Crippen LogP contribution in [0.25, 0.3) is 0 Å². The second kappa shape index (κ2) is 7.64. The Bertz CT molecular complexity index is 697. The molecule has 6 heteroatoms. The molecule has 2 fully saturated rings. The maximum atomic E-state index is 12.7. The van der Waals surface area contributed by atoms with Gasteiger partial charge in [-0.05, 0) is 64.4 Å². The van der Waals surface area contributed by atoms with Crippen LogP contribution in [0.2, 0.25) is 0 Å². The molecule has 2 saturated heterocycles. The van der Waals surface area contributed by atoms with Gasteiger partial charge in [-0.2, -0.15) is 0 Å². The van der Waals surface area contributed by atoms with Crippen LogP contribution in [0, 0.1) is 5.92 Å². The summed E-state index contributed by atoms with van der Waals surface area (Å²) in [6.45, 7) is 11.1. The Morgan fingerprint density at radius 2 is 1.96 bits per heavy atom. The number of ether oxygens (including phenoxy) is 3. The summed E-state index contributed by atoms with van der Waals surface area (Å²) in [7, 11) is 0. The third-order valence-corrected chi connectivity index (χ3v) is 6.74. The third-order valence-electron chi connectivity index (χ3n) is 6.74. The highest BCUT2D eigenvalue weighted by Crippen LogP contribution is 2.45. The predicted molar refractivity (Wildman–Crippen MR) is 103 cm³/mol. The lowest BCUT2D eigenvalue weighted by atomic mass is 9.83. The Kier molecular flexibility index (Phi) is 5.74. The molecule has 1 N–H and O–H groups in total. The molecule has 3 aliphatic heterocycles. The fraction of sp³-hybridized carbons (Fsp3) is 0.727. The zero-order valence-electron chi connectivity index (χ0n) is 17.3. The molecule has 6 nitrogen and oxygen atoms in total. The number of carbonyl (C=O) groups excluding carboxylic acids is 2. The minimum atomic E-state index is -0.769. The highest BCUT2D eigenvalue weighted by atomic mass is 16.6. The van der Waals surface area contributed by atoms with E-state index in [-0.39, 0.29) is 18.0 Å². The van der Waals surface area contributed by atoms with E-state index in [2.05, 4.69) is 6.58 Å². The Balaban J connectivity index is 2.00. The molecule has 3 rings (SSSR count). The molecular weight excluding hydrogens is 360 g/mol.